The molecule has 1 atom stereocenters. The molecule has 7 heteroatoms. The molecule has 4 rings (SSSR count). The van der Waals surface area contributed by atoms with Crippen LogP contribution in [-0.4, -0.2) is 18.3 Å². The Bertz CT molecular complexity index is 793. The van der Waals surface area contributed by atoms with Crippen molar-refractivity contribution in [3.63, 3.8) is 0 Å². The van der Waals surface area contributed by atoms with E-state index < -0.39 is 4.92 Å². The molecule has 1 unspecified atom stereocenters. The van der Waals surface area contributed by atoms with E-state index in [1.165, 1.54) is 6.07 Å². The molecule has 0 saturated heterocycles. The summed E-state index contributed by atoms with van der Waals surface area (Å²) >= 11 is 0. The average molecular weight is 328 g/mol. The van der Waals surface area contributed by atoms with Crippen molar-refractivity contribution in [3.05, 3.63) is 57.6 Å². The van der Waals surface area contributed by atoms with E-state index >= 15 is 0 Å². The second-order valence-corrected chi connectivity index (χ2v) is 5.70. The van der Waals surface area contributed by atoms with Crippen LogP contribution in [0.1, 0.15) is 23.6 Å². The van der Waals surface area contributed by atoms with Crippen molar-refractivity contribution in [2.75, 3.05) is 13.4 Å². The highest BCUT2D eigenvalue weighted by Crippen LogP contribution is 2.38. The minimum Gasteiger partial charge on any atom is -0.493 e. The minimum absolute atomic E-state index is 0.0343. The zero-order valence-corrected chi connectivity index (χ0v) is 12.9. The lowest BCUT2D eigenvalue weighted by molar-refractivity contribution is -0.385. The molecule has 7 nitrogen and oxygen atoms in total. The zero-order chi connectivity index (χ0) is 16.5. The third-order valence-electron chi connectivity index (χ3n) is 4.27. The summed E-state index contributed by atoms with van der Waals surface area (Å²) in [6, 6.07) is 11.1. The van der Waals surface area contributed by atoms with Gasteiger partial charge in [-0.25, -0.2) is 0 Å². The summed E-state index contributed by atoms with van der Waals surface area (Å²) in [5, 5.41) is 14.7. The molecule has 0 saturated carbocycles. The lowest BCUT2D eigenvalue weighted by Gasteiger charge is -2.26. The fourth-order valence-corrected chi connectivity index (χ4v) is 3.07. The smallest absolute Gasteiger partial charge is 0.277 e. The molecule has 0 fully saturated rings. The molecule has 124 valence electrons. The van der Waals surface area contributed by atoms with Gasteiger partial charge in [0.2, 0.25) is 6.79 Å². The topological polar surface area (TPSA) is 82.9 Å². The largest absolute Gasteiger partial charge is 0.493 e. The summed E-state index contributed by atoms with van der Waals surface area (Å²) in [6.07, 6.45) is 0.815. The molecule has 0 aromatic heterocycles. The lowest BCUT2D eigenvalue weighted by atomic mass is 10.00. The van der Waals surface area contributed by atoms with Crippen LogP contribution in [0.5, 0.6) is 17.2 Å². The first-order valence-corrected chi connectivity index (χ1v) is 7.74. The summed E-state index contributed by atoms with van der Waals surface area (Å²) in [6.45, 7) is 1.08. The van der Waals surface area contributed by atoms with Gasteiger partial charge in [-0.05, 0) is 12.1 Å². The number of nitro benzene ring substituents is 1. The average Bonchev–Trinajstić information content (AvgIpc) is 3.06. The SMILES string of the molecule is O=[N+]([O-])c1cc2c(cc1CNC1CCOc3ccccc31)OCO2. The minimum atomic E-state index is -0.392. The van der Waals surface area contributed by atoms with Gasteiger partial charge >= 0.3 is 0 Å². The van der Waals surface area contributed by atoms with E-state index in [1.807, 2.05) is 24.3 Å². The second-order valence-electron chi connectivity index (χ2n) is 5.70. The maximum absolute atomic E-state index is 11.3. The van der Waals surface area contributed by atoms with E-state index in [9.17, 15) is 10.1 Å². The summed E-state index contributed by atoms with van der Waals surface area (Å²) in [4.78, 5) is 10.9. The van der Waals surface area contributed by atoms with Crippen LogP contribution in [0.15, 0.2) is 36.4 Å². The number of nitro groups is 1. The molecule has 0 aliphatic carbocycles. The highest BCUT2D eigenvalue weighted by Gasteiger charge is 2.25. The van der Waals surface area contributed by atoms with Crippen LogP contribution in [0.4, 0.5) is 5.69 Å². The fraction of sp³-hybridized carbons (Fsp3) is 0.294. The number of hydrogen-bond acceptors (Lipinski definition) is 6. The number of hydrogen-bond donors (Lipinski definition) is 1. The van der Waals surface area contributed by atoms with Gasteiger partial charge in [0, 0.05) is 30.1 Å². The van der Waals surface area contributed by atoms with Crippen LogP contribution in [0.3, 0.4) is 0 Å². The Morgan fingerprint density at radius 3 is 2.75 bits per heavy atom. The van der Waals surface area contributed by atoms with Gasteiger partial charge in [-0.3, -0.25) is 10.1 Å². The fourth-order valence-electron chi connectivity index (χ4n) is 3.07. The van der Waals surface area contributed by atoms with Crippen molar-refractivity contribution in [2.24, 2.45) is 0 Å². The Morgan fingerprint density at radius 1 is 1.12 bits per heavy atom. The first-order valence-electron chi connectivity index (χ1n) is 7.74. The molecule has 2 aliphatic heterocycles. The van der Waals surface area contributed by atoms with Crippen LogP contribution >= 0.6 is 0 Å². The summed E-state index contributed by atoms with van der Waals surface area (Å²) in [7, 11) is 0. The molecular weight excluding hydrogens is 312 g/mol. The second kappa shape index (κ2) is 6.01. The molecule has 0 amide bonds. The molecule has 0 spiro atoms. The van der Waals surface area contributed by atoms with Crippen molar-refractivity contribution in [1.82, 2.24) is 5.32 Å². The number of benzene rings is 2. The van der Waals surface area contributed by atoms with E-state index in [0.717, 1.165) is 17.7 Å². The standard InChI is InChI=1S/C17H16N2O5/c20-19(21)14-8-17-16(23-10-24-17)7-11(14)9-18-13-5-6-22-15-4-2-1-3-12(13)15/h1-4,7-8,13,18H,5-6,9-10H2. The summed E-state index contributed by atoms with van der Waals surface area (Å²) in [5.41, 5.74) is 1.69. The van der Waals surface area contributed by atoms with Gasteiger partial charge in [-0.1, -0.05) is 18.2 Å². The number of rotatable bonds is 4. The molecular formula is C17H16N2O5. The third-order valence-corrected chi connectivity index (χ3v) is 4.27. The Balaban J connectivity index is 1.58. The highest BCUT2D eigenvalue weighted by atomic mass is 16.7. The van der Waals surface area contributed by atoms with Crippen molar-refractivity contribution >= 4 is 5.69 Å². The van der Waals surface area contributed by atoms with Crippen molar-refractivity contribution in [3.8, 4) is 17.2 Å². The molecule has 0 bridgehead atoms. The van der Waals surface area contributed by atoms with Crippen LogP contribution in [0.2, 0.25) is 0 Å². The number of fused-ring (bicyclic) bond motifs is 2. The Morgan fingerprint density at radius 2 is 1.92 bits per heavy atom. The Labute approximate surface area is 138 Å². The van der Waals surface area contributed by atoms with E-state index in [-0.39, 0.29) is 18.5 Å². The Hall–Kier alpha value is -2.80. The van der Waals surface area contributed by atoms with E-state index in [2.05, 4.69) is 5.32 Å². The molecule has 2 aromatic rings. The maximum atomic E-state index is 11.3. The van der Waals surface area contributed by atoms with E-state index in [4.69, 9.17) is 14.2 Å². The van der Waals surface area contributed by atoms with Gasteiger partial charge in [0.1, 0.15) is 5.75 Å². The monoisotopic (exact) mass is 328 g/mol. The summed E-state index contributed by atoms with van der Waals surface area (Å²) < 4.78 is 16.2. The number of para-hydroxylation sites is 1. The van der Waals surface area contributed by atoms with Crippen molar-refractivity contribution in [1.29, 1.82) is 0 Å². The molecule has 24 heavy (non-hydrogen) atoms. The van der Waals surface area contributed by atoms with Crippen LogP contribution in [0.25, 0.3) is 0 Å². The number of nitrogens with one attached hydrogen (secondary N) is 1. The first kappa shape index (κ1) is 14.8. The number of nitrogens with zero attached hydrogens (tertiary/aromatic N) is 1. The van der Waals surface area contributed by atoms with Gasteiger partial charge in [-0.15, -0.1) is 0 Å². The first-order chi connectivity index (χ1) is 11.7. The van der Waals surface area contributed by atoms with Gasteiger partial charge in [0.05, 0.1) is 17.6 Å². The van der Waals surface area contributed by atoms with Crippen LogP contribution in [0, 0.1) is 10.1 Å². The molecule has 2 heterocycles. The van der Waals surface area contributed by atoms with Gasteiger partial charge in [-0.2, -0.15) is 0 Å². The predicted molar refractivity (Wildman–Crippen MR) is 85.4 cm³/mol. The van der Waals surface area contributed by atoms with Crippen molar-refractivity contribution < 1.29 is 19.1 Å². The van der Waals surface area contributed by atoms with Crippen LogP contribution < -0.4 is 19.5 Å². The predicted octanol–water partition coefficient (Wildman–Crippen LogP) is 2.94. The highest BCUT2D eigenvalue weighted by molar-refractivity contribution is 5.55. The van der Waals surface area contributed by atoms with E-state index in [1.54, 1.807) is 6.07 Å². The van der Waals surface area contributed by atoms with Crippen LogP contribution in [-0.2, 0) is 6.54 Å². The number of ether oxygens (including phenoxy) is 3. The maximum Gasteiger partial charge on any atom is 0.277 e. The summed E-state index contributed by atoms with van der Waals surface area (Å²) in [5.74, 6) is 1.83. The van der Waals surface area contributed by atoms with E-state index in [0.29, 0.717) is 30.2 Å². The Kier molecular flexibility index (Phi) is 3.70. The van der Waals surface area contributed by atoms with Gasteiger partial charge < -0.3 is 19.5 Å². The third kappa shape index (κ3) is 2.63. The molecule has 0 radical (unpaired) electrons. The quantitative estimate of drug-likeness (QED) is 0.686. The molecule has 1 N–H and O–H groups in total. The molecule has 2 aromatic carbocycles. The zero-order valence-electron chi connectivity index (χ0n) is 12.9. The lowest BCUT2D eigenvalue weighted by Crippen LogP contribution is -2.27. The molecule has 2 aliphatic rings. The normalized spacial score (nSPS) is 17.9. The van der Waals surface area contributed by atoms with Crippen molar-refractivity contribution in [2.45, 2.75) is 19.0 Å². The van der Waals surface area contributed by atoms with Gasteiger partial charge in [0.25, 0.3) is 5.69 Å². The van der Waals surface area contributed by atoms with Gasteiger partial charge in [0.15, 0.2) is 11.5 Å².